The molecule has 1 aromatic heterocycles. The van der Waals surface area contributed by atoms with Crippen molar-refractivity contribution in [1.82, 2.24) is 4.98 Å². The fraction of sp³-hybridized carbons (Fsp3) is 0.235. The molecule has 2 aromatic rings. The zero-order valence-corrected chi connectivity index (χ0v) is 12.6. The molecule has 2 N–H and O–H groups in total. The summed E-state index contributed by atoms with van der Waals surface area (Å²) in [5.41, 5.74) is 3.42. The smallest absolute Gasteiger partial charge is 0.337 e. The molecule has 0 saturated heterocycles. The summed E-state index contributed by atoms with van der Waals surface area (Å²) in [5.74, 6) is -1.43. The summed E-state index contributed by atoms with van der Waals surface area (Å²) in [5, 5.41) is 11.6. The normalized spacial score (nSPS) is 10.3. The molecule has 0 aliphatic carbocycles. The average Bonchev–Trinajstić information content (AvgIpc) is 2.54. The molecule has 0 radical (unpaired) electrons. The molecule has 0 unspecified atom stereocenters. The number of carbonyl (C=O) groups is 2. The molecule has 0 spiro atoms. The summed E-state index contributed by atoms with van der Waals surface area (Å²) < 4.78 is 0. The Morgan fingerprint density at radius 3 is 2.36 bits per heavy atom. The number of hydrogen-bond donors (Lipinski definition) is 2. The first-order valence-electron chi connectivity index (χ1n) is 7.17. The molecular weight excluding hydrogens is 280 g/mol. The van der Waals surface area contributed by atoms with Crippen LogP contribution in [0.3, 0.4) is 0 Å². The van der Waals surface area contributed by atoms with Crippen LogP contribution in [0.2, 0.25) is 0 Å². The van der Waals surface area contributed by atoms with Crippen LogP contribution in [-0.2, 0) is 12.8 Å². The first-order valence-corrected chi connectivity index (χ1v) is 7.17. The van der Waals surface area contributed by atoms with Gasteiger partial charge in [-0.05, 0) is 48.2 Å². The van der Waals surface area contributed by atoms with Crippen molar-refractivity contribution in [2.24, 2.45) is 0 Å². The lowest BCUT2D eigenvalue weighted by Gasteiger charge is -2.10. The molecule has 2 rings (SSSR count). The minimum absolute atomic E-state index is 0.0529. The van der Waals surface area contributed by atoms with Crippen LogP contribution >= 0.6 is 0 Å². The topological polar surface area (TPSA) is 79.3 Å². The van der Waals surface area contributed by atoms with E-state index in [0.29, 0.717) is 5.69 Å². The molecule has 5 nitrogen and oxygen atoms in total. The summed E-state index contributed by atoms with van der Waals surface area (Å²) >= 11 is 0. The Hall–Kier alpha value is -2.69. The first kappa shape index (κ1) is 15.7. The number of nitrogens with one attached hydrogen (secondary N) is 1. The highest BCUT2D eigenvalue weighted by Crippen LogP contribution is 2.18. The van der Waals surface area contributed by atoms with E-state index in [9.17, 15) is 9.59 Å². The van der Waals surface area contributed by atoms with E-state index < -0.39 is 5.97 Å². The zero-order valence-electron chi connectivity index (χ0n) is 12.6. The van der Waals surface area contributed by atoms with Gasteiger partial charge < -0.3 is 10.4 Å². The van der Waals surface area contributed by atoms with E-state index >= 15 is 0 Å². The van der Waals surface area contributed by atoms with Gasteiger partial charge in [-0.2, -0.15) is 0 Å². The van der Waals surface area contributed by atoms with Crippen molar-refractivity contribution < 1.29 is 14.7 Å². The number of pyridine rings is 1. The Labute approximate surface area is 129 Å². The van der Waals surface area contributed by atoms with E-state index in [2.05, 4.69) is 24.1 Å². The number of amides is 1. The number of rotatable bonds is 5. The highest BCUT2D eigenvalue weighted by Gasteiger charge is 2.10. The predicted octanol–water partition coefficient (Wildman–Crippen LogP) is 3.16. The van der Waals surface area contributed by atoms with E-state index in [1.54, 1.807) is 0 Å². The van der Waals surface area contributed by atoms with Gasteiger partial charge in [0.15, 0.2) is 0 Å². The number of benzene rings is 1. The third-order valence-corrected chi connectivity index (χ3v) is 3.47. The highest BCUT2D eigenvalue weighted by atomic mass is 16.4. The number of carbonyl (C=O) groups excluding carboxylic acids is 1. The SMILES string of the molecule is CCc1ccc(NC(=O)c2ccc(C(=O)O)cn2)cc1CC. The Morgan fingerprint density at radius 1 is 1.09 bits per heavy atom. The van der Waals surface area contributed by atoms with Crippen LogP contribution in [0.15, 0.2) is 36.5 Å². The van der Waals surface area contributed by atoms with Crippen LogP contribution < -0.4 is 5.32 Å². The summed E-state index contributed by atoms with van der Waals surface area (Å²) in [6, 6.07) is 8.60. The minimum atomic E-state index is -1.07. The number of carboxylic acids is 1. The van der Waals surface area contributed by atoms with Crippen LogP contribution in [0.5, 0.6) is 0 Å². The number of hydrogen-bond acceptors (Lipinski definition) is 3. The maximum Gasteiger partial charge on any atom is 0.337 e. The van der Waals surface area contributed by atoms with Crippen molar-refractivity contribution in [2.45, 2.75) is 26.7 Å². The summed E-state index contributed by atoms with van der Waals surface area (Å²) in [6.07, 6.45) is 3.03. The van der Waals surface area contributed by atoms with E-state index in [1.165, 1.54) is 29.5 Å². The van der Waals surface area contributed by atoms with Gasteiger partial charge in [-0.15, -0.1) is 0 Å². The summed E-state index contributed by atoms with van der Waals surface area (Å²) in [6.45, 7) is 4.17. The molecule has 5 heteroatoms. The maximum absolute atomic E-state index is 12.1. The predicted molar refractivity (Wildman–Crippen MR) is 84.3 cm³/mol. The molecule has 0 fully saturated rings. The molecule has 1 amide bonds. The van der Waals surface area contributed by atoms with Gasteiger partial charge in [-0.1, -0.05) is 19.9 Å². The second-order valence-electron chi connectivity index (χ2n) is 4.88. The molecule has 0 aliphatic heterocycles. The van der Waals surface area contributed by atoms with E-state index in [-0.39, 0.29) is 17.2 Å². The lowest BCUT2D eigenvalue weighted by Crippen LogP contribution is -2.14. The third-order valence-electron chi connectivity index (χ3n) is 3.47. The third kappa shape index (κ3) is 3.49. The van der Waals surface area contributed by atoms with E-state index in [1.807, 2.05) is 18.2 Å². The molecule has 114 valence electrons. The number of aryl methyl sites for hydroxylation is 2. The molecular formula is C17H18N2O3. The number of nitrogens with zero attached hydrogens (tertiary/aromatic N) is 1. The Balaban J connectivity index is 2.16. The van der Waals surface area contributed by atoms with Gasteiger partial charge in [0.25, 0.3) is 5.91 Å². The van der Waals surface area contributed by atoms with E-state index in [4.69, 9.17) is 5.11 Å². The second kappa shape index (κ2) is 6.85. The number of carboxylic acid groups (broad SMARTS) is 1. The summed E-state index contributed by atoms with van der Waals surface area (Å²) in [7, 11) is 0. The van der Waals surface area contributed by atoms with Crippen molar-refractivity contribution in [3.8, 4) is 0 Å². The van der Waals surface area contributed by atoms with Gasteiger partial charge in [0.1, 0.15) is 5.69 Å². The summed E-state index contributed by atoms with van der Waals surface area (Å²) in [4.78, 5) is 26.8. The van der Waals surface area contributed by atoms with Crippen molar-refractivity contribution >= 4 is 17.6 Å². The van der Waals surface area contributed by atoms with Crippen LogP contribution in [0.1, 0.15) is 45.8 Å². The van der Waals surface area contributed by atoms with Gasteiger partial charge in [0.2, 0.25) is 0 Å². The number of aromatic nitrogens is 1. The number of aromatic carboxylic acids is 1. The maximum atomic E-state index is 12.1. The molecule has 0 aliphatic rings. The highest BCUT2D eigenvalue weighted by molar-refractivity contribution is 6.03. The van der Waals surface area contributed by atoms with Crippen molar-refractivity contribution in [3.05, 3.63) is 58.9 Å². The van der Waals surface area contributed by atoms with Crippen molar-refractivity contribution in [1.29, 1.82) is 0 Å². The molecule has 0 atom stereocenters. The fourth-order valence-electron chi connectivity index (χ4n) is 2.23. The average molecular weight is 298 g/mol. The van der Waals surface area contributed by atoms with Gasteiger partial charge in [-0.3, -0.25) is 9.78 Å². The minimum Gasteiger partial charge on any atom is -0.478 e. The number of anilines is 1. The van der Waals surface area contributed by atoms with Crippen LogP contribution in [0.4, 0.5) is 5.69 Å². The van der Waals surface area contributed by atoms with Crippen molar-refractivity contribution in [3.63, 3.8) is 0 Å². The van der Waals surface area contributed by atoms with Crippen LogP contribution in [0, 0.1) is 0 Å². The quantitative estimate of drug-likeness (QED) is 0.888. The molecule has 0 bridgehead atoms. The molecule has 0 saturated carbocycles. The van der Waals surface area contributed by atoms with Crippen molar-refractivity contribution in [2.75, 3.05) is 5.32 Å². The van der Waals surface area contributed by atoms with Crippen LogP contribution in [-0.4, -0.2) is 22.0 Å². The lowest BCUT2D eigenvalue weighted by atomic mass is 10.0. The second-order valence-corrected chi connectivity index (χ2v) is 4.88. The largest absolute Gasteiger partial charge is 0.478 e. The van der Waals surface area contributed by atoms with Gasteiger partial charge in [0, 0.05) is 11.9 Å². The Bertz CT molecular complexity index is 694. The zero-order chi connectivity index (χ0) is 16.1. The molecule has 1 heterocycles. The fourth-order valence-corrected chi connectivity index (χ4v) is 2.23. The van der Waals surface area contributed by atoms with E-state index in [0.717, 1.165) is 12.8 Å². The van der Waals surface area contributed by atoms with Crippen LogP contribution in [0.25, 0.3) is 0 Å². The Morgan fingerprint density at radius 2 is 1.82 bits per heavy atom. The lowest BCUT2D eigenvalue weighted by molar-refractivity contribution is 0.0696. The van der Waals surface area contributed by atoms with Gasteiger partial charge in [0.05, 0.1) is 5.56 Å². The molecule has 1 aromatic carbocycles. The Kier molecular flexibility index (Phi) is 4.88. The monoisotopic (exact) mass is 298 g/mol. The van der Waals surface area contributed by atoms with Gasteiger partial charge >= 0.3 is 5.97 Å². The molecule has 22 heavy (non-hydrogen) atoms. The standard InChI is InChI=1S/C17H18N2O3/c1-3-11-5-7-14(9-12(11)4-2)19-16(20)15-8-6-13(10-18-15)17(21)22/h5-10H,3-4H2,1-2H3,(H,19,20)(H,21,22). The van der Waals surface area contributed by atoms with Gasteiger partial charge in [-0.25, -0.2) is 4.79 Å². The first-order chi connectivity index (χ1) is 10.5.